The quantitative estimate of drug-likeness (QED) is 0.509. The normalized spacial score (nSPS) is 13.4. The Morgan fingerprint density at radius 1 is 1.22 bits per heavy atom. The third-order valence-corrected chi connectivity index (χ3v) is 2.91. The van der Waals surface area contributed by atoms with Crippen molar-refractivity contribution in [2.75, 3.05) is 12.0 Å². The number of aliphatic carboxylic acids is 2. The van der Waals surface area contributed by atoms with E-state index in [1.807, 2.05) is 13.2 Å². The van der Waals surface area contributed by atoms with Crippen LogP contribution in [-0.2, 0) is 9.59 Å². The van der Waals surface area contributed by atoms with E-state index in [1.165, 1.54) is 0 Å². The smallest absolute Gasteiger partial charge is 0.326 e. The van der Waals surface area contributed by atoms with Crippen LogP contribution in [0.15, 0.2) is 0 Å². The molecule has 0 radical (unpaired) electrons. The molecule has 0 aliphatic carbocycles. The number of hydrogen-bond donors (Lipinski definition) is 4. The van der Waals surface area contributed by atoms with E-state index in [-0.39, 0.29) is 6.04 Å². The molecule has 0 aliphatic rings. The second-order valence-electron chi connectivity index (χ2n) is 3.67. The molecule has 104 valence electrons. The Morgan fingerprint density at radius 3 is 2.22 bits per heavy atom. The summed E-state index contributed by atoms with van der Waals surface area (Å²) >= 11 is 1.56. The molecule has 0 saturated carbocycles. The van der Waals surface area contributed by atoms with Crippen molar-refractivity contribution in [3.8, 4) is 0 Å². The van der Waals surface area contributed by atoms with Gasteiger partial charge in [-0.15, -0.1) is 0 Å². The van der Waals surface area contributed by atoms with Crippen molar-refractivity contribution >= 4 is 29.7 Å². The van der Waals surface area contributed by atoms with E-state index in [9.17, 15) is 14.4 Å². The monoisotopic (exact) mass is 278 g/mol. The summed E-state index contributed by atoms with van der Waals surface area (Å²) < 4.78 is 0. The molecule has 0 heterocycles. The fourth-order valence-electron chi connectivity index (χ4n) is 1.22. The Kier molecular flexibility index (Phi) is 7.93. The lowest BCUT2D eigenvalue weighted by Gasteiger charge is -2.18. The molecule has 4 N–H and O–H groups in total. The van der Waals surface area contributed by atoms with Crippen LogP contribution in [0.4, 0.5) is 4.79 Å². The Hall–Kier alpha value is -1.44. The second-order valence-corrected chi connectivity index (χ2v) is 4.58. The maximum atomic E-state index is 11.5. The molecule has 0 rings (SSSR count). The van der Waals surface area contributed by atoms with Crippen molar-refractivity contribution in [1.82, 2.24) is 10.6 Å². The van der Waals surface area contributed by atoms with Crippen LogP contribution in [0.25, 0.3) is 0 Å². The number of carbonyl (C=O) groups is 3. The summed E-state index contributed by atoms with van der Waals surface area (Å²) in [5.41, 5.74) is 0. The van der Waals surface area contributed by atoms with E-state index < -0.39 is 30.4 Å². The SMILES string of the molecule is CCC(CSC)NC(=O)N[C@H](CC(=O)O)C(=O)O. The fraction of sp³-hybridized carbons (Fsp3) is 0.700. The van der Waals surface area contributed by atoms with Crippen LogP contribution in [0.3, 0.4) is 0 Å². The van der Waals surface area contributed by atoms with Gasteiger partial charge in [-0.2, -0.15) is 11.8 Å². The molecule has 0 aliphatic heterocycles. The zero-order valence-electron chi connectivity index (χ0n) is 10.3. The molecule has 2 amide bonds. The summed E-state index contributed by atoms with van der Waals surface area (Å²) in [6, 6.07) is -2.15. The fourth-order valence-corrected chi connectivity index (χ4v) is 1.94. The molecule has 0 spiro atoms. The average Bonchev–Trinajstić information content (AvgIpc) is 2.26. The number of thioether (sulfide) groups is 1. The highest BCUT2D eigenvalue weighted by Crippen LogP contribution is 2.01. The van der Waals surface area contributed by atoms with Crippen molar-refractivity contribution in [3.63, 3.8) is 0 Å². The number of rotatable bonds is 8. The van der Waals surface area contributed by atoms with Gasteiger partial charge in [-0.3, -0.25) is 4.79 Å². The maximum absolute atomic E-state index is 11.5. The Morgan fingerprint density at radius 2 is 1.83 bits per heavy atom. The highest BCUT2D eigenvalue weighted by Gasteiger charge is 2.23. The third-order valence-electron chi connectivity index (χ3n) is 2.18. The topological polar surface area (TPSA) is 116 Å². The summed E-state index contributed by atoms with van der Waals surface area (Å²) in [5.74, 6) is -1.94. The molecule has 0 fully saturated rings. The summed E-state index contributed by atoms with van der Waals surface area (Å²) in [4.78, 5) is 32.7. The van der Waals surface area contributed by atoms with Crippen molar-refractivity contribution in [2.24, 2.45) is 0 Å². The summed E-state index contributed by atoms with van der Waals surface area (Å²) in [5, 5.41) is 22.0. The molecular weight excluding hydrogens is 260 g/mol. The lowest BCUT2D eigenvalue weighted by atomic mass is 10.2. The van der Waals surface area contributed by atoms with Crippen LogP contribution in [0, 0.1) is 0 Å². The van der Waals surface area contributed by atoms with Gasteiger partial charge < -0.3 is 20.8 Å². The van der Waals surface area contributed by atoms with Gasteiger partial charge in [0, 0.05) is 11.8 Å². The zero-order valence-corrected chi connectivity index (χ0v) is 11.1. The van der Waals surface area contributed by atoms with Gasteiger partial charge in [0.15, 0.2) is 0 Å². The van der Waals surface area contributed by atoms with Crippen molar-refractivity contribution in [2.45, 2.75) is 31.8 Å². The van der Waals surface area contributed by atoms with E-state index in [0.29, 0.717) is 12.2 Å². The van der Waals surface area contributed by atoms with Crippen LogP contribution >= 0.6 is 11.8 Å². The van der Waals surface area contributed by atoms with E-state index in [1.54, 1.807) is 11.8 Å². The molecule has 18 heavy (non-hydrogen) atoms. The molecule has 0 bridgehead atoms. The predicted octanol–water partition coefficient (Wildman–Crippen LogP) is 0.355. The highest BCUT2D eigenvalue weighted by atomic mass is 32.2. The van der Waals surface area contributed by atoms with E-state index >= 15 is 0 Å². The molecule has 0 saturated heterocycles. The molecule has 7 nitrogen and oxygen atoms in total. The molecular formula is C10H18N2O5S. The first-order valence-electron chi connectivity index (χ1n) is 5.41. The molecule has 0 aromatic rings. The zero-order chi connectivity index (χ0) is 14.1. The van der Waals surface area contributed by atoms with Crippen molar-refractivity contribution in [3.05, 3.63) is 0 Å². The Bertz CT molecular complexity index is 311. The van der Waals surface area contributed by atoms with Gasteiger partial charge in [-0.1, -0.05) is 6.92 Å². The van der Waals surface area contributed by atoms with Crippen molar-refractivity contribution < 1.29 is 24.6 Å². The van der Waals surface area contributed by atoms with Crippen LogP contribution in [-0.4, -0.2) is 52.3 Å². The van der Waals surface area contributed by atoms with Gasteiger partial charge in [0.25, 0.3) is 0 Å². The predicted molar refractivity (Wildman–Crippen MR) is 67.8 cm³/mol. The average molecular weight is 278 g/mol. The molecule has 0 aromatic carbocycles. The second kappa shape index (κ2) is 8.62. The Labute approximate surface area is 109 Å². The van der Waals surface area contributed by atoms with Gasteiger partial charge in [0.1, 0.15) is 6.04 Å². The van der Waals surface area contributed by atoms with Gasteiger partial charge in [0.2, 0.25) is 0 Å². The summed E-state index contributed by atoms with van der Waals surface area (Å²) in [6.07, 6.45) is 1.96. The first kappa shape index (κ1) is 16.6. The number of carbonyl (C=O) groups excluding carboxylic acids is 1. The standard InChI is InChI=1S/C10H18N2O5S/c1-3-6(5-18-2)11-10(17)12-7(9(15)16)4-8(13)14/h6-7H,3-5H2,1-2H3,(H,13,14)(H,15,16)(H2,11,12,17)/t6?,7-/m1/s1. The molecule has 2 atom stereocenters. The minimum Gasteiger partial charge on any atom is -0.481 e. The number of carboxylic acid groups (broad SMARTS) is 2. The van der Waals surface area contributed by atoms with E-state index in [2.05, 4.69) is 10.6 Å². The largest absolute Gasteiger partial charge is 0.481 e. The van der Waals surface area contributed by atoms with Gasteiger partial charge >= 0.3 is 18.0 Å². The summed E-state index contributed by atoms with van der Waals surface area (Å²) in [6.45, 7) is 1.90. The molecule has 0 aromatic heterocycles. The number of hydrogen-bond acceptors (Lipinski definition) is 4. The van der Waals surface area contributed by atoms with Gasteiger partial charge in [-0.25, -0.2) is 9.59 Å². The first-order chi connectivity index (χ1) is 8.40. The van der Waals surface area contributed by atoms with E-state index in [4.69, 9.17) is 10.2 Å². The third kappa shape index (κ3) is 7.00. The van der Waals surface area contributed by atoms with Gasteiger partial charge in [0.05, 0.1) is 6.42 Å². The van der Waals surface area contributed by atoms with Crippen LogP contribution in [0.2, 0.25) is 0 Å². The molecule has 1 unspecified atom stereocenters. The van der Waals surface area contributed by atoms with Crippen molar-refractivity contribution in [1.29, 1.82) is 0 Å². The number of carboxylic acids is 2. The minimum atomic E-state index is -1.42. The lowest BCUT2D eigenvalue weighted by molar-refractivity contribution is -0.145. The Balaban J connectivity index is 4.32. The maximum Gasteiger partial charge on any atom is 0.326 e. The van der Waals surface area contributed by atoms with Crippen LogP contribution in [0.5, 0.6) is 0 Å². The highest BCUT2D eigenvalue weighted by molar-refractivity contribution is 7.98. The first-order valence-corrected chi connectivity index (χ1v) is 6.80. The van der Waals surface area contributed by atoms with E-state index in [0.717, 1.165) is 0 Å². The lowest BCUT2D eigenvalue weighted by Crippen LogP contribution is -2.50. The van der Waals surface area contributed by atoms with Crippen LogP contribution < -0.4 is 10.6 Å². The minimum absolute atomic E-state index is 0.0701. The number of nitrogens with one attached hydrogen (secondary N) is 2. The molecule has 8 heteroatoms. The number of amides is 2. The van der Waals surface area contributed by atoms with Crippen LogP contribution in [0.1, 0.15) is 19.8 Å². The number of urea groups is 1. The van der Waals surface area contributed by atoms with Gasteiger partial charge in [-0.05, 0) is 12.7 Å². The summed E-state index contributed by atoms with van der Waals surface area (Å²) in [7, 11) is 0.